The fourth-order valence-electron chi connectivity index (χ4n) is 4.98. The number of hydrogen-bond donors (Lipinski definition) is 1. The van der Waals surface area contributed by atoms with E-state index in [1.165, 1.54) is 6.07 Å². The predicted molar refractivity (Wildman–Crippen MR) is 138 cm³/mol. The van der Waals surface area contributed by atoms with E-state index in [1.807, 2.05) is 56.3 Å². The number of imidazole rings is 1. The second-order valence-corrected chi connectivity index (χ2v) is 10.0. The quantitative estimate of drug-likeness (QED) is 0.297. The maximum atomic E-state index is 15.1. The van der Waals surface area contributed by atoms with Gasteiger partial charge < -0.3 is 14.5 Å². The summed E-state index contributed by atoms with van der Waals surface area (Å²) in [4.78, 5) is 21.5. The number of halogens is 1. The highest BCUT2D eigenvalue weighted by Gasteiger charge is 2.43. The molecule has 0 bridgehead atoms. The fourth-order valence-corrected chi connectivity index (χ4v) is 4.98. The van der Waals surface area contributed by atoms with Gasteiger partial charge in [-0.2, -0.15) is 0 Å². The van der Waals surface area contributed by atoms with Gasteiger partial charge in [-0.1, -0.05) is 32.0 Å². The number of benzene rings is 2. The van der Waals surface area contributed by atoms with Crippen LogP contribution in [-0.2, 0) is 5.41 Å². The van der Waals surface area contributed by atoms with E-state index in [0.29, 0.717) is 23.0 Å². The number of nitrogens with zero attached hydrogens (tertiary/aromatic N) is 4. The number of hydrogen-bond acceptors (Lipinski definition) is 6. The van der Waals surface area contributed by atoms with Gasteiger partial charge in [-0.3, -0.25) is 0 Å². The van der Waals surface area contributed by atoms with Crippen LogP contribution in [0.4, 0.5) is 4.39 Å². The van der Waals surface area contributed by atoms with Gasteiger partial charge in [-0.25, -0.2) is 24.3 Å². The summed E-state index contributed by atoms with van der Waals surface area (Å²) in [5.41, 5.74) is 3.78. The van der Waals surface area contributed by atoms with E-state index in [4.69, 9.17) is 19.4 Å². The van der Waals surface area contributed by atoms with E-state index in [1.54, 1.807) is 18.5 Å². The summed E-state index contributed by atoms with van der Waals surface area (Å²) in [7, 11) is 0. The van der Waals surface area contributed by atoms with Gasteiger partial charge in [-0.05, 0) is 50.2 Å². The Morgan fingerprint density at radius 3 is 2.49 bits per heavy atom. The summed E-state index contributed by atoms with van der Waals surface area (Å²) in [6.45, 7) is 8.12. The third-order valence-corrected chi connectivity index (χ3v) is 6.70. The second kappa shape index (κ2) is 8.65. The molecule has 3 aromatic heterocycles. The lowest BCUT2D eigenvalue weighted by Crippen LogP contribution is -2.32. The number of aromatic amines is 1. The molecule has 1 aliphatic heterocycles. The van der Waals surface area contributed by atoms with Crippen molar-refractivity contribution in [3.63, 3.8) is 0 Å². The lowest BCUT2D eigenvalue weighted by Gasteiger charge is -2.37. The van der Waals surface area contributed by atoms with Crippen LogP contribution in [0, 0.1) is 5.82 Å². The summed E-state index contributed by atoms with van der Waals surface area (Å²) in [6.07, 6.45) is 3.33. The second-order valence-electron chi connectivity index (χ2n) is 10.0. The highest BCUT2D eigenvalue weighted by molar-refractivity contribution is 5.66. The minimum atomic E-state index is -0.595. The standard InChI is InChI=1S/C29H26FN5O2/c1-16(2)36-18-10-8-17(9-11-18)22-13-12-20-23(19-6-5-7-21(30)24(19)37-27(20)33-22)29(3,4)28-34-25-26(35-28)32-15-14-31-25/h5-16,23H,1-4H3,(H,31,32,34,35)/t23-/m0/s1. The van der Waals surface area contributed by atoms with Gasteiger partial charge in [-0.15, -0.1) is 0 Å². The van der Waals surface area contributed by atoms with Crippen LogP contribution in [0.15, 0.2) is 67.0 Å². The smallest absolute Gasteiger partial charge is 0.223 e. The molecule has 186 valence electrons. The van der Waals surface area contributed by atoms with Crippen LogP contribution < -0.4 is 9.47 Å². The lowest BCUT2D eigenvalue weighted by molar-refractivity contribution is 0.242. The summed E-state index contributed by atoms with van der Waals surface area (Å²) >= 11 is 0. The normalized spacial score (nSPS) is 14.8. The number of fused-ring (bicyclic) bond motifs is 3. The van der Waals surface area contributed by atoms with Gasteiger partial charge >= 0.3 is 0 Å². The molecule has 0 aliphatic carbocycles. The zero-order chi connectivity index (χ0) is 25.7. The molecule has 1 N–H and O–H groups in total. The zero-order valence-electron chi connectivity index (χ0n) is 21.0. The van der Waals surface area contributed by atoms with Crippen molar-refractivity contribution < 1.29 is 13.9 Å². The Kier molecular flexibility index (Phi) is 5.40. The zero-order valence-corrected chi connectivity index (χ0v) is 21.0. The molecule has 0 saturated heterocycles. The van der Waals surface area contributed by atoms with E-state index in [9.17, 15) is 0 Å². The molecule has 0 radical (unpaired) electrons. The molecule has 7 nitrogen and oxygen atoms in total. The minimum Gasteiger partial charge on any atom is -0.491 e. The Morgan fingerprint density at radius 2 is 1.73 bits per heavy atom. The SMILES string of the molecule is CC(C)Oc1ccc(-c2ccc3c(n2)Oc2c(F)cccc2[C@@H]3C(C)(C)c2nc3nccnc3[nH]2)cc1. The van der Waals surface area contributed by atoms with Gasteiger partial charge in [0.05, 0.1) is 11.8 Å². The summed E-state index contributed by atoms with van der Waals surface area (Å²) < 4.78 is 26.9. The van der Waals surface area contributed by atoms with Crippen molar-refractivity contribution in [1.29, 1.82) is 0 Å². The maximum absolute atomic E-state index is 15.1. The average Bonchev–Trinajstić information content (AvgIpc) is 3.33. The molecule has 0 saturated carbocycles. The van der Waals surface area contributed by atoms with Crippen molar-refractivity contribution in [2.75, 3.05) is 0 Å². The molecule has 1 aliphatic rings. The largest absolute Gasteiger partial charge is 0.491 e. The van der Waals surface area contributed by atoms with Crippen LogP contribution in [0.25, 0.3) is 22.6 Å². The third-order valence-electron chi connectivity index (χ3n) is 6.70. The molecule has 0 amide bonds. The average molecular weight is 496 g/mol. The van der Waals surface area contributed by atoms with Gasteiger partial charge in [0.25, 0.3) is 0 Å². The molecule has 6 rings (SSSR count). The van der Waals surface area contributed by atoms with Crippen molar-refractivity contribution >= 4 is 11.3 Å². The molecule has 2 aromatic carbocycles. The van der Waals surface area contributed by atoms with E-state index >= 15 is 4.39 Å². The van der Waals surface area contributed by atoms with Crippen molar-refractivity contribution in [3.05, 3.63) is 89.8 Å². The molecule has 8 heteroatoms. The molecule has 4 heterocycles. The van der Waals surface area contributed by atoms with E-state index in [0.717, 1.165) is 28.1 Å². The first-order valence-corrected chi connectivity index (χ1v) is 12.2. The number of nitrogens with one attached hydrogen (secondary N) is 1. The maximum Gasteiger partial charge on any atom is 0.223 e. The van der Waals surface area contributed by atoms with E-state index < -0.39 is 11.2 Å². The Balaban J connectivity index is 1.46. The minimum absolute atomic E-state index is 0.0923. The Morgan fingerprint density at radius 1 is 0.946 bits per heavy atom. The number of H-pyrrole nitrogens is 1. The molecule has 0 unspecified atom stereocenters. The van der Waals surface area contributed by atoms with Gasteiger partial charge in [0.1, 0.15) is 11.6 Å². The first-order valence-electron chi connectivity index (χ1n) is 12.2. The summed E-state index contributed by atoms with van der Waals surface area (Å²) in [5, 5.41) is 0. The monoisotopic (exact) mass is 495 g/mol. The van der Waals surface area contributed by atoms with Crippen molar-refractivity contribution in [1.82, 2.24) is 24.9 Å². The number of ether oxygens (including phenoxy) is 2. The summed E-state index contributed by atoms with van der Waals surface area (Å²) in [6, 6.07) is 16.7. The van der Waals surface area contributed by atoms with Crippen molar-refractivity contribution in [2.45, 2.75) is 45.1 Å². The van der Waals surface area contributed by atoms with Gasteiger partial charge in [0.2, 0.25) is 5.88 Å². The van der Waals surface area contributed by atoms with Crippen LogP contribution in [-0.4, -0.2) is 31.0 Å². The van der Waals surface area contributed by atoms with Crippen LogP contribution in [0.1, 0.15) is 50.6 Å². The van der Waals surface area contributed by atoms with Crippen LogP contribution in [0.2, 0.25) is 0 Å². The lowest BCUT2D eigenvalue weighted by atomic mass is 9.69. The van der Waals surface area contributed by atoms with Crippen LogP contribution in [0.3, 0.4) is 0 Å². The topological polar surface area (TPSA) is 85.8 Å². The molecule has 37 heavy (non-hydrogen) atoms. The number of aromatic nitrogens is 5. The Bertz CT molecular complexity index is 1580. The van der Waals surface area contributed by atoms with Gasteiger partial charge in [0.15, 0.2) is 22.9 Å². The van der Waals surface area contributed by atoms with E-state index in [-0.39, 0.29) is 17.8 Å². The van der Waals surface area contributed by atoms with Gasteiger partial charge in [0, 0.05) is 40.4 Å². The van der Waals surface area contributed by atoms with Crippen molar-refractivity contribution in [2.24, 2.45) is 0 Å². The number of rotatable bonds is 5. The Labute approximate surface area is 213 Å². The van der Waals surface area contributed by atoms with Crippen LogP contribution >= 0.6 is 0 Å². The number of para-hydroxylation sites is 1. The summed E-state index contributed by atoms with van der Waals surface area (Å²) in [5.74, 6) is 1.34. The highest BCUT2D eigenvalue weighted by atomic mass is 19.1. The molecule has 0 spiro atoms. The molecule has 1 atom stereocenters. The number of pyridine rings is 1. The first kappa shape index (κ1) is 23.1. The Hall–Kier alpha value is -4.33. The molecule has 0 fully saturated rings. The molecular weight excluding hydrogens is 469 g/mol. The highest BCUT2D eigenvalue weighted by Crippen LogP contribution is 2.52. The third kappa shape index (κ3) is 3.98. The van der Waals surface area contributed by atoms with E-state index in [2.05, 4.69) is 28.8 Å². The van der Waals surface area contributed by atoms with Crippen LogP contribution in [0.5, 0.6) is 17.4 Å². The fraction of sp³-hybridized carbons (Fsp3) is 0.241. The molecule has 5 aromatic rings. The predicted octanol–water partition coefficient (Wildman–Crippen LogP) is 6.56. The molecular formula is C29H26FN5O2. The van der Waals surface area contributed by atoms with Crippen molar-refractivity contribution in [3.8, 4) is 28.6 Å². The first-order chi connectivity index (χ1) is 17.8.